The monoisotopic (exact) mass is 346 g/mol. The average Bonchev–Trinajstić information content (AvgIpc) is 2.52. The maximum Gasteiger partial charge on any atom is 0.220 e. The van der Waals surface area contributed by atoms with Crippen LogP contribution in [0.15, 0.2) is 18.2 Å². The predicted octanol–water partition coefficient (Wildman–Crippen LogP) is 3.17. The highest BCUT2D eigenvalue weighted by molar-refractivity contribution is 6.31. The fourth-order valence-corrected chi connectivity index (χ4v) is 2.92. The molecule has 0 aliphatic carbocycles. The van der Waals surface area contributed by atoms with E-state index in [1.165, 1.54) is 12.8 Å². The highest BCUT2D eigenvalue weighted by atomic mass is 35.5. The molecule has 1 aliphatic heterocycles. The lowest BCUT2D eigenvalue weighted by Gasteiger charge is -2.22. The molecule has 22 heavy (non-hydrogen) atoms. The summed E-state index contributed by atoms with van der Waals surface area (Å²) in [6.07, 6.45) is 3.89. The number of carbonyl (C=O) groups is 1. The van der Waals surface area contributed by atoms with Crippen LogP contribution in [0.2, 0.25) is 5.02 Å². The molecule has 6 heteroatoms. The summed E-state index contributed by atoms with van der Waals surface area (Å²) in [5.41, 5.74) is 0.830. The minimum atomic E-state index is 0. The van der Waals surface area contributed by atoms with Gasteiger partial charge < -0.3 is 15.4 Å². The molecule has 4 nitrogen and oxygen atoms in total. The molecule has 1 saturated heterocycles. The van der Waals surface area contributed by atoms with Crippen molar-refractivity contribution in [2.75, 3.05) is 20.2 Å². The molecule has 0 aromatic heterocycles. The second-order valence-electron chi connectivity index (χ2n) is 5.43. The third-order valence-corrected chi connectivity index (χ3v) is 4.35. The Balaban J connectivity index is 0.00000242. The number of benzene rings is 1. The summed E-state index contributed by atoms with van der Waals surface area (Å²) < 4.78 is 5.27. The van der Waals surface area contributed by atoms with Gasteiger partial charge in [0.25, 0.3) is 0 Å². The fourth-order valence-electron chi connectivity index (χ4n) is 2.68. The van der Waals surface area contributed by atoms with Gasteiger partial charge >= 0.3 is 0 Å². The van der Waals surface area contributed by atoms with Crippen LogP contribution in [0.5, 0.6) is 5.75 Å². The summed E-state index contributed by atoms with van der Waals surface area (Å²) >= 11 is 6.15. The Labute approximate surface area is 143 Å². The highest BCUT2D eigenvalue weighted by Gasteiger charge is 2.15. The number of hydrogen-bond donors (Lipinski definition) is 2. The normalized spacial score (nSPS) is 15.0. The van der Waals surface area contributed by atoms with E-state index in [9.17, 15) is 4.79 Å². The van der Waals surface area contributed by atoms with Gasteiger partial charge in [0.15, 0.2) is 0 Å². The van der Waals surface area contributed by atoms with Crippen LogP contribution >= 0.6 is 24.0 Å². The largest absolute Gasteiger partial charge is 0.496 e. The van der Waals surface area contributed by atoms with Gasteiger partial charge in [0.2, 0.25) is 5.91 Å². The van der Waals surface area contributed by atoms with Crippen LogP contribution in [0.25, 0.3) is 0 Å². The lowest BCUT2D eigenvalue weighted by atomic mass is 9.93. The molecule has 1 aliphatic rings. The van der Waals surface area contributed by atoms with Gasteiger partial charge in [-0.05, 0) is 50.4 Å². The quantitative estimate of drug-likeness (QED) is 0.831. The van der Waals surface area contributed by atoms with Crippen molar-refractivity contribution in [2.45, 2.75) is 32.2 Å². The van der Waals surface area contributed by atoms with Crippen molar-refractivity contribution in [3.8, 4) is 5.75 Å². The SMILES string of the molecule is COc1cccc(Cl)c1CNC(=O)CCC1CCNCC1.Cl. The average molecular weight is 347 g/mol. The first kappa shape index (κ1) is 19.1. The highest BCUT2D eigenvalue weighted by Crippen LogP contribution is 2.26. The molecule has 2 N–H and O–H groups in total. The Morgan fingerprint density at radius 3 is 2.82 bits per heavy atom. The first-order valence-corrected chi connectivity index (χ1v) is 7.87. The third-order valence-electron chi connectivity index (χ3n) is 4.00. The van der Waals surface area contributed by atoms with Gasteiger partial charge in [-0.15, -0.1) is 12.4 Å². The molecule has 1 heterocycles. The first-order valence-electron chi connectivity index (χ1n) is 7.49. The van der Waals surface area contributed by atoms with Gasteiger partial charge in [0, 0.05) is 23.6 Å². The molecule has 0 atom stereocenters. The van der Waals surface area contributed by atoms with Crippen molar-refractivity contribution in [3.63, 3.8) is 0 Å². The van der Waals surface area contributed by atoms with Crippen LogP contribution in [-0.2, 0) is 11.3 Å². The van der Waals surface area contributed by atoms with E-state index in [1.807, 2.05) is 12.1 Å². The number of halogens is 2. The lowest BCUT2D eigenvalue weighted by molar-refractivity contribution is -0.121. The molecule has 1 amide bonds. The number of nitrogens with one attached hydrogen (secondary N) is 2. The maximum absolute atomic E-state index is 12.0. The van der Waals surface area contributed by atoms with E-state index in [2.05, 4.69) is 10.6 Å². The molecule has 1 aromatic rings. The lowest BCUT2D eigenvalue weighted by Crippen LogP contribution is -2.29. The molecular formula is C16H24Cl2N2O2. The Morgan fingerprint density at radius 2 is 2.14 bits per heavy atom. The molecule has 1 fully saturated rings. The number of ether oxygens (including phenoxy) is 1. The van der Waals surface area contributed by atoms with Crippen molar-refractivity contribution in [2.24, 2.45) is 5.92 Å². The molecule has 2 rings (SSSR count). The van der Waals surface area contributed by atoms with E-state index in [1.54, 1.807) is 13.2 Å². The number of rotatable bonds is 6. The van der Waals surface area contributed by atoms with Crippen LogP contribution in [0.1, 0.15) is 31.2 Å². The smallest absolute Gasteiger partial charge is 0.220 e. The molecule has 124 valence electrons. The summed E-state index contributed by atoms with van der Waals surface area (Å²) in [5, 5.41) is 6.89. The Kier molecular flexibility index (Phi) is 8.61. The Morgan fingerprint density at radius 1 is 1.41 bits per heavy atom. The zero-order valence-electron chi connectivity index (χ0n) is 12.9. The van der Waals surface area contributed by atoms with Gasteiger partial charge in [-0.3, -0.25) is 4.79 Å². The van der Waals surface area contributed by atoms with Gasteiger partial charge in [0.05, 0.1) is 7.11 Å². The zero-order valence-corrected chi connectivity index (χ0v) is 14.4. The summed E-state index contributed by atoms with van der Waals surface area (Å²) in [7, 11) is 1.61. The van der Waals surface area contributed by atoms with Crippen LogP contribution in [0.4, 0.5) is 0 Å². The predicted molar refractivity (Wildman–Crippen MR) is 91.9 cm³/mol. The first-order chi connectivity index (χ1) is 10.2. The van der Waals surface area contributed by atoms with E-state index >= 15 is 0 Å². The van der Waals surface area contributed by atoms with Gasteiger partial charge in [-0.25, -0.2) is 0 Å². The molecule has 0 radical (unpaired) electrons. The second-order valence-corrected chi connectivity index (χ2v) is 5.84. The van der Waals surface area contributed by atoms with Gasteiger partial charge in [0.1, 0.15) is 5.75 Å². The van der Waals surface area contributed by atoms with Crippen LogP contribution in [0.3, 0.4) is 0 Å². The van der Waals surface area contributed by atoms with E-state index in [0.29, 0.717) is 29.7 Å². The third kappa shape index (κ3) is 5.67. The molecule has 0 bridgehead atoms. The Hall–Kier alpha value is -0.970. The molecular weight excluding hydrogens is 323 g/mol. The summed E-state index contributed by atoms with van der Waals surface area (Å²) in [5.74, 6) is 1.46. The molecule has 0 saturated carbocycles. The van der Waals surface area contributed by atoms with Crippen molar-refractivity contribution >= 4 is 29.9 Å². The summed E-state index contributed by atoms with van der Waals surface area (Å²) in [6.45, 7) is 2.56. The fraction of sp³-hybridized carbons (Fsp3) is 0.562. The number of carbonyl (C=O) groups excluding carboxylic acids is 1. The number of hydrogen-bond acceptors (Lipinski definition) is 3. The van der Waals surface area contributed by atoms with Gasteiger partial charge in [-0.2, -0.15) is 0 Å². The number of methoxy groups -OCH3 is 1. The van der Waals surface area contributed by atoms with Crippen LogP contribution in [-0.4, -0.2) is 26.1 Å². The minimum Gasteiger partial charge on any atom is -0.496 e. The number of piperidine rings is 1. The molecule has 1 aromatic carbocycles. The zero-order chi connectivity index (χ0) is 15.1. The minimum absolute atomic E-state index is 0. The van der Waals surface area contributed by atoms with E-state index in [4.69, 9.17) is 16.3 Å². The van der Waals surface area contributed by atoms with Gasteiger partial charge in [-0.1, -0.05) is 17.7 Å². The van der Waals surface area contributed by atoms with Crippen molar-refractivity contribution in [1.82, 2.24) is 10.6 Å². The van der Waals surface area contributed by atoms with Crippen LogP contribution in [0, 0.1) is 5.92 Å². The van der Waals surface area contributed by atoms with Crippen molar-refractivity contribution in [3.05, 3.63) is 28.8 Å². The second kappa shape index (κ2) is 9.93. The molecule has 0 unspecified atom stereocenters. The van der Waals surface area contributed by atoms with E-state index in [-0.39, 0.29) is 18.3 Å². The van der Waals surface area contributed by atoms with E-state index in [0.717, 1.165) is 25.1 Å². The summed E-state index contributed by atoms with van der Waals surface area (Å²) in [4.78, 5) is 12.0. The Bertz CT molecular complexity index is 477. The van der Waals surface area contributed by atoms with Crippen molar-refractivity contribution < 1.29 is 9.53 Å². The maximum atomic E-state index is 12.0. The number of amides is 1. The van der Waals surface area contributed by atoms with E-state index < -0.39 is 0 Å². The molecule has 0 spiro atoms. The van der Waals surface area contributed by atoms with Crippen LogP contribution < -0.4 is 15.4 Å². The topological polar surface area (TPSA) is 50.4 Å². The summed E-state index contributed by atoms with van der Waals surface area (Å²) in [6, 6.07) is 5.49. The van der Waals surface area contributed by atoms with Crippen molar-refractivity contribution in [1.29, 1.82) is 0 Å². The standard InChI is InChI=1S/C16H23ClN2O2.ClH/c1-21-15-4-2-3-14(17)13(15)11-19-16(20)6-5-12-7-9-18-10-8-12;/h2-4,12,18H,5-11H2,1H3,(H,19,20);1H.